The number of ether oxygens (including phenoxy) is 1. The van der Waals surface area contributed by atoms with E-state index in [0.717, 1.165) is 20.6 Å². The summed E-state index contributed by atoms with van der Waals surface area (Å²) < 4.78 is 33.5. The first-order valence-corrected chi connectivity index (χ1v) is 13.1. The first kappa shape index (κ1) is 25.7. The third-order valence-electron chi connectivity index (χ3n) is 5.66. The van der Waals surface area contributed by atoms with Crippen molar-refractivity contribution < 1.29 is 23.1 Å². The van der Waals surface area contributed by atoms with E-state index in [9.17, 15) is 18.3 Å². The van der Waals surface area contributed by atoms with Gasteiger partial charge < -0.3 is 9.84 Å². The van der Waals surface area contributed by atoms with Gasteiger partial charge in [-0.15, -0.1) is 0 Å². The van der Waals surface area contributed by atoms with E-state index in [1.54, 1.807) is 48.5 Å². The summed E-state index contributed by atoms with van der Waals surface area (Å²) in [6.45, 7) is 3.68. The zero-order valence-corrected chi connectivity index (χ0v) is 21.3. The topological polar surface area (TPSA) is 108 Å². The predicted molar refractivity (Wildman–Crippen MR) is 145 cm³/mol. The highest BCUT2D eigenvalue weighted by Gasteiger charge is 2.27. The summed E-state index contributed by atoms with van der Waals surface area (Å²) in [5, 5.41) is 15.9. The molecule has 0 heterocycles. The molecular formula is C28H27N3O5S. The Labute approximate surface area is 215 Å². The maximum absolute atomic E-state index is 13.5. The normalized spacial score (nSPS) is 11.5. The lowest BCUT2D eigenvalue weighted by molar-refractivity contribution is -0.119. The van der Waals surface area contributed by atoms with Gasteiger partial charge in [-0.25, -0.2) is 13.8 Å². The third kappa shape index (κ3) is 5.90. The van der Waals surface area contributed by atoms with Gasteiger partial charge in [-0.1, -0.05) is 48.0 Å². The number of aryl methyl sites for hydroxylation is 1. The molecule has 0 aromatic heterocycles. The number of hydrogen-bond acceptors (Lipinski definition) is 6. The number of nitrogens with one attached hydrogen (secondary N) is 1. The van der Waals surface area contributed by atoms with Crippen LogP contribution in [-0.4, -0.2) is 38.8 Å². The van der Waals surface area contributed by atoms with Gasteiger partial charge in [0.15, 0.2) is 0 Å². The molecule has 37 heavy (non-hydrogen) atoms. The summed E-state index contributed by atoms with van der Waals surface area (Å²) in [5.41, 5.74) is 4.11. The van der Waals surface area contributed by atoms with E-state index in [1.165, 1.54) is 18.3 Å². The molecule has 0 radical (unpaired) electrons. The Morgan fingerprint density at radius 1 is 1.00 bits per heavy atom. The molecule has 4 rings (SSSR count). The Kier molecular flexibility index (Phi) is 7.74. The van der Waals surface area contributed by atoms with Crippen LogP contribution in [0.25, 0.3) is 10.8 Å². The van der Waals surface area contributed by atoms with Crippen LogP contribution >= 0.6 is 0 Å². The highest BCUT2D eigenvalue weighted by atomic mass is 32.2. The van der Waals surface area contributed by atoms with Crippen molar-refractivity contribution in [3.8, 4) is 11.5 Å². The van der Waals surface area contributed by atoms with E-state index < -0.39 is 22.5 Å². The zero-order valence-electron chi connectivity index (χ0n) is 20.5. The number of phenols is 1. The van der Waals surface area contributed by atoms with Gasteiger partial charge in [0.25, 0.3) is 15.9 Å². The van der Waals surface area contributed by atoms with E-state index in [0.29, 0.717) is 23.6 Å². The molecule has 2 N–H and O–H groups in total. The number of carbonyl (C=O) groups excluding carboxylic acids is 1. The molecule has 0 bridgehead atoms. The average molecular weight is 518 g/mol. The highest BCUT2D eigenvalue weighted by molar-refractivity contribution is 7.92. The SMILES string of the molecule is CCOc1ccc(S(=O)(=O)N(CC(=O)N/N=C\c2c(O)ccc3ccccc23)c2ccc(C)cc2)cc1. The van der Waals surface area contributed by atoms with E-state index in [2.05, 4.69) is 10.5 Å². The maximum atomic E-state index is 13.5. The Hall–Kier alpha value is -4.37. The molecule has 0 atom stereocenters. The Morgan fingerprint density at radius 2 is 1.70 bits per heavy atom. The van der Waals surface area contributed by atoms with Crippen molar-refractivity contribution in [3.63, 3.8) is 0 Å². The number of phenolic OH excluding ortho intramolecular Hbond substituents is 1. The average Bonchev–Trinajstić information content (AvgIpc) is 2.89. The number of aromatic hydroxyl groups is 1. The second-order valence-electron chi connectivity index (χ2n) is 8.26. The van der Waals surface area contributed by atoms with Crippen molar-refractivity contribution in [2.75, 3.05) is 17.5 Å². The Balaban J connectivity index is 1.58. The van der Waals surface area contributed by atoms with Gasteiger partial charge in [-0.05, 0) is 67.1 Å². The van der Waals surface area contributed by atoms with Crippen molar-refractivity contribution in [2.24, 2.45) is 5.10 Å². The van der Waals surface area contributed by atoms with Crippen LogP contribution in [0.1, 0.15) is 18.1 Å². The summed E-state index contributed by atoms with van der Waals surface area (Å²) in [4.78, 5) is 12.9. The van der Waals surface area contributed by atoms with Crippen LogP contribution in [0.3, 0.4) is 0 Å². The molecule has 0 unspecified atom stereocenters. The fourth-order valence-corrected chi connectivity index (χ4v) is 5.20. The van der Waals surface area contributed by atoms with Crippen LogP contribution in [0.5, 0.6) is 11.5 Å². The molecule has 0 spiro atoms. The molecule has 4 aromatic rings. The third-order valence-corrected chi connectivity index (χ3v) is 7.45. The number of carbonyl (C=O) groups is 1. The number of sulfonamides is 1. The van der Waals surface area contributed by atoms with E-state index >= 15 is 0 Å². The molecule has 0 saturated heterocycles. The molecule has 4 aromatic carbocycles. The van der Waals surface area contributed by atoms with Gasteiger partial charge in [-0.2, -0.15) is 5.10 Å². The smallest absolute Gasteiger partial charge is 0.264 e. The number of hydrazone groups is 1. The molecule has 0 aliphatic carbocycles. The highest BCUT2D eigenvalue weighted by Crippen LogP contribution is 2.27. The summed E-state index contributed by atoms with van der Waals surface area (Å²) in [6.07, 6.45) is 1.34. The monoisotopic (exact) mass is 517 g/mol. The minimum absolute atomic E-state index is 0.0102. The lowest BCUT2D eigenvalue weighted by Crippen LogP contribution is -2.39. The van der Waals surface area contributed by atoms with E-state index in [4.69, 9.17) is 4.74 Å². The number of nitrogens with zero attached hydrogens (tertiary/aromatic N) is 2. The maximum Gasteiger partial charge on any atom is 0.264 e. The Bertz CT molecular complexity index is 1530. The van der Waals surface area contributed by atoms with Crippen LogP contribution in [0.4, 0.5) is 5.69 Å². The van der Waals surface area contributed by atoms with Gasteiger partial charge in [0, 0.05) is 5.56 Å². The predicted octanol–water partition coefficient (Wildman–Crippen LogP) is 4.60. The van der Waals surface area contributed by atoms with Gasteiger partial charge in [0.05, 0.1) is 23.4 Å². The van der Waals surface area contributed by atoms with Crippen LogP contribution in [0, 0.1) is 6.92 Å². The second kappa shape index (κ2) is 11.1. The molecule has 1 amide bonds. The van der Waals surface area contributed by atoms with Crippen molar-refractivity contribution in [1.29, 1.82) is 0 Å². The first-order chi connectivity index (χ1) is 17.8. The van der Waals surface area contributed by atoms with Gasteiger partial charge in [-0.3, -0.25) is 9.10 Å². The van der Waals surface area contributed by atoms with Gasteiger partial charge >= 0.3 is 0 Å². The Morgan fingerprint density at radius 3 is 2.41 bits per heavy atom. The minimum atomic E-state index is -4.08. The minimum Gasteiger partial charge on any atom is -0.507 e. The standard InChI is InChI=1S/C28H27N3O5S/c1-3-36-23-13-15-24(16-14-23)37(34,35)31(22-11-8-20(2)9-12-22)19-28(33)30-29-18-26-25-7-5-4-6-21(25)10-17-27(26)32/h4-18,32H,3,19H2,1-2H3,(H,30,33)/b29-18-. The summed E-state index contributed by atoms with van der Waals surface area (Å²) >= 11 is 0. The van der Waals surface area contributed by atoms with Crippen molar-refractivity contribution in [1.82, 2.24) is 5.43 Å². The van der Waals surface area contributed by atoms with Gasteiger partial charge in [0.2, 0.25) is 0 Å². The molecule has 9 heteroatoms. The molecule has 8 nitrogen and oxygen atoms in total. The second-order valence-corrected chi connectivity index (χ2v) is 10.1. The number of fused-ring (bicyclic) bond motifs is 1. The quantitative estimate of drug-likeness (QED) is 0.249. The van der Waals surface area contributed by atoms with Gasteiger partial charge in [0.1, 0.15) is 18.0 Å². The number of rotatable bonds is 9. The van der Waals surface area contributed by atoms with Crippen molar-refractivity contribution in [3.05, 3.63) is 96.1 Å². The molecule has 0 fully saturated rings. The largest absolute Gasteiger partial charge is 0.507 e. The van der Waals surface area contributed by atoms with Crippen molar-refractivity contribution >= 4 is 38.6 Å². The van der Waals surface area contributed by atoms with Crippen LogP contribution in [0.15, 0.2) is 94.9 Å². The van der Waals surface area contributed by atoms with Crippen LogP contribution < -0.4 is 14.5 Å². The molecule has 0 aliphatic heterocycles. The summed E-state index contributed by atoms with van der Waals surface area (Å²) in [7, 11) is -4.08. The lowest BCUT2D eigenvalue weighted by atomic mass is 10.0. The van der Waals surface area contributed by atoms with Crippen LogP contribution in [-0.2, 0) is 14.8 Å². The first-order valence-electron chi connectivity index (χ1n) is 11.6. The lowest BCUT2D eigenvalue weighted by Gasteiger charge is -2.24. The van der Waals surface area contributed by atoms with E-state index in [1.807, 2.05) is 38.1 Å². The summed E-state index contributed by atoms with van der Waals surface area (Å²) in [5.74, 6) is -0.0887. The molecule has 190 valence electrons. The molecular weight excluding hydrogens is 490 g/mol. The molecule has 0 saturated carbocycles. The van der Waals surface area contributed by atoms with Crippen LogP contribution in [0.2, 0.25) is 0 Å². The number of hydrogen-bond donors (Lipinski definition) is 2. The number of anilines is 1. The van der Waals surface area contributed by atoms with E-state index in [-0.39, 0.29) is 10.6 Å². The fourth-order valence-electron chi connectivity index (χ4n) is 3.78. The van der Waals surface area contributed by atoms with Crippen molar-refractivity contribution in [2.45, 2.75) is 18.7 Å². The molecule has 0 aliphatic rings. The zero-order chi connectivity index (χ0) is 26.4. The number of benzene rings is 4. The summed E-state index contributed by atoms with van der Waals surface area (Å²) in [6, 6.07) is 23.7. The number of amides is 1. The fraction of sp³-hybridized carbons (Fsp3) is 0.143.